The maximum atomic E-state index is 14.5. The number of cyclic esters (lactones) is 1. The molecule has 0 aliphatic carbocycles. The lowest BCUT2D eigenvalue weighted by Gasteiger charge is -2.29. The maximum absolute atomic E-state index is 14.5. The number of amides is 2. The lowest BCUT2D eigenvalue weighted by atomic mass is 10.2. The molecule has 0 aromatic heterocycles. The SMILES string of the molecule is O=C(I)NC[C@H]1CN(c2ccc(N3CCSCC3)c(F)c2)C(=O)O1. The van der Waals surface area contributed by atoms with Gasteiger partial charge in [0.05, 0.1) is 24.5 Å². The van der Waals surface area contributed by atoms with Crippen LogP contribution >= 0.6 is 34.4 Å². The molecule has 24 heavy (non-hydrogen) atoms. The van der Waals surface area contributed by atoms with E-state index in [1.54, 1.807) is 34.7 Å². The summed E-state index contributed by atoms with van der Waals surface area (Å²) in [5.74, 6) is 1.64. The number of hydrogen-bond acceptors (Lipinski definition) is 5. The monoisotopic (exact) mass is 465 g/mol. The highest BCUT2D eigenvalue weighted by Crippen LogP contribution is 2.29. The van der Waals surface area contributed by atoms with E-state index >= 15 is 0 Å². The van der Waals surface area contributed by atoms with Gasteiger partial charge in [-0.3, -0.25) is 9.69 Å². The summed E-state index contributed by atoms with van der Waals surface area (Å²) >= 11 is 3.49. The summed E-state index contributed by atoms with van der Waals surface area (Å²) in [6.45, 7) is 2.18. The largest absolute Gasteiger partial charge is 0.442 e. The third-order valence-corrected chi connectivity index (χ3v) is 5.26. The second kappa shape index (κ2) is 7.77. The van der Waals surface area contributed by atoms with Crippen LogP contribution in [0.1, 0.15) is 0 Å². The third kappa shape index (κ3) is 4.05. The minimum absolute atomic E-state index is 0.211. The van der Waals surface area contributed by atoms with Gasteiger partial charge in [-0.05, 0) is 18.2 Å². The minimum atomic E-state index is -0.524. The van der Waals surface area contributed by atoms with E-state index in [0.717, 1.165) is 24.6 Å². The Balaban J connectivity index is 1.69. The molecule has 1 aromatic carbocycles. The molecule has 0 saturated carbocycles. The van der Waals surface area contributed by atoms with Crippen molar-refractivity contribution in [2.75, 3.05) is 47.5 Å². The number of hydrogen-bond donors (Lipinski definition) is 1. The van der Waals surface area contributed by atoms with E-state index in [1.807, 2.05) is 16.7 Å². The molecular weight excluding hydrogens is 448 g/mol. The Hall–Kier alpha value is -1.23. The molecule has 2 fully saturated rings. The van der Waals surface area contributed by atoms with Crippen molar-refractivity contribution >= 4 is 55.7 Å². The quantitative estimate of drug-likeness (QED) is 0.421. The summed E-state index contributed by atoms with van der Waals surface area (Å²) < 4.78 is 19.5. The molecule has 0 radical (unpaired) electrons. The van der Waals surface area contributed by atoms with Crippen molar-refractivity contribution in [1.82, 2.24) is 5.32 Å². The molecule has 1 atom stereocenters. The smallest absolute Gasteiger partial charge is 0.414 e. The predicted octanol–water partition coefficient (Wildman–Crippen LogP) is 2.85. The first-order valence-electron chi connectivity index (χ1n) is 7.58. The summed E-state index contributed by atoms with van der Waals surface area (Å²) in [6, 6.07) is 4.83. The van der Waals surface area contributed by atoms with Crippen LogP contribution in [-0.2, 0) is 4.74 Å². The van der Waals surface area contributed by atoms with Gasteiger partial charge in [-0.2, -0.15) is 11.8 Å². The van der Waals surface area contributed by atoms with Crippen LogP contribution in [0.5, 0.6) is 0 Å². The normalized spacial score (nSPS) is 20.9. The zero-order valence-corrected chi connectivity index (χ0v) is 15.8. The zero-order valence-electron chi connectivity index (χ0n) is 12.8. The van der Waals surface area contributed by atoms with Crippen LogP contribution in [0.4, 0.5) is 25.4 Å². The molecular formula is C15H17FIN3O3S. The fraction of sp³-hybridized carbons (Fsp3) is 0.467. The van der Waals surface area contributed by atoms with Crippen LogP contribution in [0.15, 0.2) is 18.2 Å². The second-order valence-corrected chi connectivity index (χ2v) is 7.71. The predicted molar refractivity (Wildman–Crippen MR) is 101 cm³/mol. The van der Waals surface area contributed by atoms with Gasteiger partial charge in [0.1, 0.15) is 11.9 Å². The Labute approximate surface area is 157 Å². The highest BCUT2D eigenvalue weighted by Gasteiger charge is 2.33. The number of ether oxygens (including phenoxy) is 1. The third-order valence-electron chi connectivity index (χ3n) is 3.94. The first-order valence-corrected chi connectivity index (χ1v) is 9.81. The number of carbonyl (C=O) groups is 2. The molecule has 1 aromatic rings. The van der Waals surface area contributed by atoms with E-state index in [0.29, 0.717) is 11.4 Å². The van der Waals surface area contributed by atoms with Gasteiger partial charge in [0, 0.05) is 47.2 Å². The highest BCUT2D eigenvalue weighted by atomic mass is 127. The Morgan fingerprint density at radius 1 is 1.42 bits per heavy atom. The van der Waals surface area contributed by atoms with Crippen LogP contribution < -0.4 is 15.1 Å². The average molecular weight is 465 g/mol. The Morgan fingerprint density at radius 2 is 2.17 bits per heavy atom. The summed E-state index contributed by atoms with van der Waals surface area (Å²) in [4.78, 5) is 26.3. The van der Waals surface area contributed by atoms with Gasteiger partial charge < -0.3 is 15.0 Å². The summed E-state index contributed by atoms with van der Waals surface area (Å²) in [7, 11) is 0. The van der Waals surface area contributed by atoms with Gasteiger partial charge >= 0.3 is 6.09 Å². The molecule has 9 heteroatoms. The number of nitrogens with zero attached hydrogens (tertiary/aromatic N) is 2. The number of anilines is 2. The zero-order chi connectivity index (χ0) is 17.1. The Morgan fingerprint density at radius 3 is 2.83 bits per heavy atom. The molecule has 3 rings (SSSR count). The number of thioether (sulfide) groups is 1. The number of carbonyl (C=O) groups excluding carboxylic acids is 2. The van der Waals surface area contributed by atoms with Crippen molar-refractivity contribution in [1.29, 1.82) is 0 Å². The van der Waals surface area contributed by atoms with E-state index in [-0.39, 0.29) is 22.8 Å². The lowest BCUT2D eigenvalue weighted by molar-refractivity contribution is 0.141. The Bertz CT molecular complexity index is 642. The first-order chi connectivity index (χ1) is 11.5. The first kappa shape index (κ1) is 17.6. The molecule has 2 amide bonds. The average Bonchev–Trinajstić information content (AvgIpc) is 2.94. The van der Waals surface area contributed by atoms with Crippen LogP contribution in [0.25, 0.3) is 0 Å². The summed E-state index contributed by atoms with van der Waals surface area (Å²) in [5, 5.41) is 2.60. The van der Waals surface area contributed by atoms with E-state index < -0.39 is 12.2 Å². The maximum Gasteiger partial charge on any atom is 0.414 e. The fourth-order valence-corrected chi connectivity index (χ4v) is 3.88. The van der Waals surface area contributed by atoms with Crippen molar-refractivity contribution in [2.45, 2.75) is 6.10 Å². The van der Waals surface area contributed by atoms with Crippen molar-refractivity contribution in [3.8, 4) is 0 Å². The van der Waals surface area contributed by atoms with Crippen LogP contribution in [0.2, 0.25) is 0 Å². The minimum Gasteiger partial charge on any atom is -0.442 e. The molecule has 0 unspecified atom stereocenters. The highest BCUT2D eigenvalue weighted by molar-refractivity contribution is 14.1. The van der Waals surface area contributed by atoms with E-state index in [9.17, 15) is 14.0 Å². The molecule has 2 aliphatic heterocycles. The molecule has 0 bridgehead atoms. The van der Waals surface area contributed by atoms with Gasteiger partial charge in [0.15, 0.2) is 0 Å². The number of halogens is 2. The Kier molecular flexibility index (Phi) is 5.69. The van der Waals surface area contributed by atoms with Gasteiger partial charge in [0.2, 0.25) is 0 Å². The molecule has 130 valence electrons. The standard InChI is InChI=1S/C15H17FIN3O3S/c16-12-7-10(1-2-13(12)19-3-5-24-6-4-19)20-9-11(23-15(20)22)8-18-14(17)21/h1-2,7,11H,3-6,8-9H2,(H,18,21)/t11-/m0/s1. The van der Waals surface area contributed by atoms with Crippen LogP contribution in [0, 0.1) is 5.82 Å². The number of benzene rings is 1. The molecule has 2 aliphatic rings. The van der Waals surface area contributed by atoms with Crippen LogP contribution in [0.3, 0.4) is 0 Å². The fourth-order valence-electron chi connectivity index (χ4n) is 2.76. The van der Waals surface area contributed by atoms with Gasteiger partial charge in [-0.25, -0.2) is 9.18 Å². The van der Waals surface area contributed by atoms with Crippen molar-refractivity contribution in [3.05, 3.63) is 24.0 Å². The van der Waals surface area contributed by atoms with Gasteiger partial charge in [-0.1, -0.05) is 0 Å². The van der Waals surface area contributed by atoms with Gasteiger partial charge in [0.25, 0.3) is 3.91 Å². The number of nitrogens with one attached hydrogen (secondary N) is 1. The van der Waals surface area contributed by atoms with Crippen LogP contribution in [-0.4, -0.2) is 53.8 Å². The number of rotatable bonds is 4. The van der Waals surface area contributed by atoms with Crippen molar-refractivity contribution < 1.29 is 18.7 Å². The van der Waals surface area contributed by atoms with E-state index in [4.69, 9.17) is 4.74 Å². The molecule has 6 nitrogen and oxygen atoms in total. The summed E-state index contributed by atoms with van der Waals surface area (Å²) in [6.07, 6.45) is -0.956. The van der Waals surface area contributed by atoms with Crippen molar-refractivity contribution in [3.63, 3.8) is 0 Å². The molecule has 0 spiro atoms. The lowest BCUT2D eigenvalue weighted by Crippen LogP contribution is -2.33. The summed E-state index contributed by atoms with van der Waals surface area (Å²) in [5.41, 5.74) is 1.04. The van der Waals surface area contributed by atoms with E-state index in [1.165, 1.54) is 11.0 Å². The topological polar surface area (TPSA) is 61.9 Å². The van der Waals surface area contributed by atoms with E-state index in [2.05, 4.69) is 5.32 Å². The second-order valence-electron chi connectivity index (χ2n) is 5.51. The molecule has 1 N–H and O–H groups in total. The molecule has 2 saturated heterocycles. The van der Waals surface area contributed by atoms with Gasteiger partial charge in [-0.15, -0.1) is 0 Å². The molecule has 2 heterocycles. The van der Waals surface area contributed by atoms with Crippen molar-refractivity contribution in [2.24, 2.45) is 0 Å².